The van der Waals surface area contributed by atoms with Gasteiger partial charge in [-0.15, -0.1) is 0 Å². The molecule has 0 aromatic heterocycles. The Kier molecular flexibility index (Phi) is 26.2. The normalized spacial score (nSPS) is 18.9. The van der Waals surface area contributed by atoms with Crippen molar-refractivity contribution < 1.29 is 24.0 Å². The van der Waals surface area contributed by atoms with Crippen molar-refractivity contribution in [2.45, 2.75) is 165 Å². The molecule has 11 heteroatoms. The summed E-state index contributed by atoms with van der Waals surface area (Å²) in [6, 6.07) is -0.856. The number of amides is 4. The number of rotatable bonds is 15. The van der Waals surface area contributed by atoms with Crippen molar-refractivity contribution in [3.05, 3.63) is 0 Å². The second-order valence-electron chi connectivity index (χ2n) is 14.3. The Morgan fingerprint density at radius 3 is 2.04 bits per heavy atom. The van der Waals surface area contributed by atoms with E-state index in [0.29, 0.717) is 17.7 Å². The van der Waals surface area contributed by atoms with Gasteiger partial charge < -0.3 is 25.6 Å². The van der Waals surface area contributed by atoms with Crippen LogP contribution in [0.25, 0.3) is 0 Å². The van der Waals surface area contributed by atoms with Gasteiger partial charge in [0.2, 0.25) is 18.2 Å². The zero-order chi connectivity index (χ0) is 37.3. The number of aldehydes is 1. The van der Waals surface area contributed by atoms with Crippen LogP contribution in [0.15, 0.2) is 4.99 Å². The molecular weight excluding hydrogens is 608 g/mol. The summed E-state index contributed by atoms with van der Waals surface area (Å²) in [6.07, 6.45) is 12.2. The quantitative estimate of drug-likeness (QED) is 0.125. The molecule has 1 aliphatic heterocycles. The molecule has 0 bridgehead atoms. The first kappa shape index (κ1) is 47.0. The molecule has 2 aliphatic rings. The predicted molar refractivity (Wildman–Crippen MR) is 197 cm³/mol. The highest BCUT2D eigenvalue weighted by molar-refractivity contribution is 6.59. The van der Waals surface area contributed by atoms with Gasteiger partial charge in [0.25, 0.3) is 5.91 Å². The highest BCUT2D eigenvalue weighted by Gasteiger charge is 2.35. The molecule has 0 radical (unpaired) electrons. The topological polar surface area (TPSA) is 161 Å². The predicted octanol–water partition coefficient (Wildman–Crippen LogP) is 5.88. The third-order valence-corrected chi connectivity index (χ3v) is 7.79. The van der Waals surface area contributed by atoms with E-state index in [2.05, 4.69) is 62.5 Å². The molecule has 2 fully saturated rings. The van der Waals surface area contributed by atoms with Gasteiger partial charge in [-0.1, -0.05) is 87.5 Å². The van der Waals surface area contributed by atoms with Crippen molar-refractivity contribution in [2.75, 3.05) is 13.1 Å². The molecule has 0 aromatic rings. The SMILES string of the molecule is CC.CC(C)(C)C.CCC[C@@H](C=O)NC=O.CCC[C@H]1CCN(C(=O)CNC(=O)C(NC(=O)C(=N)C=NC(C)C)C2CCCCC2)C1C. The van der Waals surface area contributed by atoms with Crippen LogP contribution in [0.4, 0.5) is 0 Å². The Morgan fingerprint density at radius 1 is 0.979 bits per heavy atom. The van der Waals surface area contributed by atoms with E-state index in [1.165, 1.54) is 6.21 Å². The monoisotopic (exact) mass is 679 g/mol. The number of likely N-dealkylation sites (tertiary alicyclic amines) is 1. The summed E-state index contributed by atoms with van der Waals surface area (Å²) >= 11 is 0. The van der Waals surface area contributed by atoms with Gasteiger partial charge in [0, 0.05) is 18.6 Å². The summed E-state index contributed by atoms with van der Waals surface area (Å²) in [4.78, 5) is 64.1. The van der Waals surface area contributed by atoms with Crippen LogP contribution in [0, 0.1) is 22.7 Å². The maximum Gasteiger partial charge on any atom is 0.271 e. The third kappa shape index (κ3) is 21.7. The van der Waals surface area contributed by atoms with Crippen LogP contribution in [-0.4, -0.2) is 84.5 Å². The average molecular weight is 679 g/mol. The van der Waals surface area contributed by atoms with E-state index in [-0.39, 0.29) is 48.1 Å². The minimum Gasteiger partial charge on any atom is -0.349 e. The fourth-order valence-corrected chi connectivity index (χ4v) is 5.44. The highest BCUT2D eigenvalue weighted by Crippen LogP contribution is 2.28. The number of aliphatic imine (C=N–C) groups is 1. The summed E-state index contributed by atoms with van der Waals surface area (Å²) in [5.41, 5.74) is 0.233. The zero-order valence-corrected chi connectivity index (χ0v) is 32.1. The van der Waals surface area contributed by atoms with Crippen LogP contribution < -0.4 is 16.0 Å². The maximum absolute atomic E-state index is 13.0. The van der Waals surface area contributed by atoms with E-state index in [9.17, 15) is 24.0 Å². The first-order chi connectivity index (χ1) is 22.6. The Hall–Kier alpha value is -3.11. The maximum atomic E-state index is 13.0. The molecule has 2 unspecified atom stereocenters. The van der Waals surface area contributed by atoms with Crippen molar-refractivity contribution in [1.29, 1.82) is 5.41 Å². The van der Waals surface area contributed by atoms with Crippen LogP contribution in [0.5, 0.6) is 0 Å². The number of nitrogens with zero attached hydrogens (tertiary/aromatic N) is 2. The van der Waals surface area contributed by atoms with E-state index in [4.69, 9.17) is 5.41 Å². The Balaban J connectivity index is 0. The van der Waals surface area contributed by atoms with Crippen LogP contribution in [0.1, 0.15) is 140 Å². The Morgan fingerprint density at radius 2 is 1.56 bits per heavy atom. The molecule has 278 valence electrons. The summed E-state index contributed by atoms with van der Waals surface area (Å²) in [6.45, 7) is 23.4. The lowest BCUT2D eigenvalue weighted by Crippen LogP contribution is -2.54. The number of carbonyl (C=O) groups excluding carboxylic acids is 5. The number of hydrogen-bond acceptors (Lipinski definition) is 7. The largest absolute Gasteiger partial charge is 0.349 e. The van der Waals surface area contributed by atoms with Gasteiger partial charge in [-0.25, -0.2) is 0 Å². The van der Waals surface area contributed by atoms with E-state index in [1.54, 1.807) is 0 Å². The fraction of sp³-hybridized carbons (Fsp3) is 0.811. The van der Waals surface area contributed by atoms with E-state index < -0.39 is 11.9 Å². The minimum atomic E-state index is -0.743. The van der Waals surface area contributed by atoms with Gasteiger partial charge >= 0.3 is 0 Å². The summed E-state index contributed by atoms with van der Waals surface area (Å²) in [5.74, 6) is -0.495. The molecule has 0 spiro atoms. The molecule has 4 N–H and O–H groups in total. The van der Waals surface area contributed by atoms with Gasteiger partial charge in [0.05, 0.1) is 18.8 Å². The second kappa shape index (κ2) is 26.8. The first-order valence-corrected chi connectivity index (χ1v) is 18.2. The lowest BCUT2D eigenvalue weighted by molar-refractivity contribution is -0.135. The van der Waals surface area contributed by atoms with Gasteiger partial charge in [0.1, 0.15) is 18.0 Å². The van der Waals surface area contributed by atoms with Gasteiger partial charge in [0.15, 0.2) is 0 Å². The van der Waals surface area contributed by atoms with Crippen molar-refractivity contribution in [2.24, 2.45) is 22.2 Å². The Bertz CT molecular complexity index is 966. The number of nitrogens with one attached hydrogen (secondary N) is 4. The van der Waals surface area contributed by atoms with Crippen LogP contribution in [-0.2, 0) is 24.0 Å². The van der Waals surface area contributed by atoms with Gasteiger partial charge in [-0.2, -0.15) is 0 Å². The van der Waals surface area contributed by atoms with Crippen molar-refractivity contribution in [3.63, 3.8) is 0 Å². The van der Waals surface area contributed by atoms with E-state index in [1.807, 2.05) is 39.5 Å². The lowest BCUT2D eigenvalue weighted by Gasteiger charge is -2.30. The Labute approximate surface area is 292 Å². The molecule has 11 nitrogen and oxygen atoms in total. The lowest BCUT2D eigenvalue weighted by atomic mass is 9.83. The fourth-order valence-electron chi connectivity index (χ4n) is 5.44. The van der Waals surface area contributed by atoms with Crippen LogP contribution in [0.3, 0.4) is 0 Å². The third-order valence-electron chi connectivity index (χ3n) is 7.79. The molecule has 4 atom stereocenters. The van der Waals surface area contributed by atoms with E-state index in [0.717, 1.165) is 77.0 Å². The summed E-state index contributed by atoms with van der Waals surface area (Å²) < 4.78 is 0. The summed E-state index contributed by atoms with van der Waals surface area (Å²) in [5, 5.41) is 15.8. The van der Waals surface area contributed by atoms with E-state index >= 15 is 0 Å². The molecule has 4 amide bonds. The minimum absolute atomic E-state index is 0.0114. The molecule has 1 heterocycles. The van der Waals surface area contributed by atoms with Crippen LogP contribution in [0.2, 0.25) is 0 Å². The average Bonchev–Trinajstić information content (AvgIpc) is 3.41. The van der Waals surface area contributed by atoms with Gasteiger partial charge in [-0.3, -0.25) is 29.6 Å². The molecule has 48 heavy (non-hydrogen) atoms. The number of carbonyl (C=O) groups is 5. The van der Waals surface area contributed by atoms with Crippen molar-refractivity contribution in [1.82, 2.24) is 20.9 Å². The van der Waals surface area contributed by atoms with Gasteiger partial charge in [-0.05, 0) is 70.1 Å². The highest BCUT2D eigenvalue weighted by atomic mass is 16.2. The molecule has 1 saturated carbocycles. The molecular formula is C37H70N6O5. The van der Waals surface area contributed by atoms with Crippen molar-refractivity contribution in [3.8, 4) is 0 Å². The smallest absolute Gasteiger partial charge is 0.271 e. The summed E-state index contributed by atoms with van der Waals surface area (Å²) in [7, 11) is 0. The van der Waals surface area contributed by atoms with Crippen molar-refractivity contribution >= 4 is 42.3 Å². The number of hydrogen-bond donors (Lipinski definition) is 4. The molecule has 0 aromatic carbocycles. The second-order valence-corrected chi connectivity index (χ2v) is 14.3. The molecule has 1 aliphatic carbocycles. The zero-order valence-electron chi connectivity index (χ0n) is 32.1. The first-order valence-electron chi connectivity index (χ1n) is 18.2. The standard InChI is InChI=1S/C24H41N5O3.C6H11NO2.C5H12.C2H6/c1-5-9-18-12-13-29(17(18)4)21(30)15-27-24(32)22(19-10-7-6-8-11-19)28-23(31)20(25)14-26-16(2)3;1-2-3-6(4-8)7-5-9;1-5(2,3)4;1-2/h14,16-19,22,25H,5-13,15H2,1-4H3,(H,27,32)(H,28,31);4-6H,2-3H2,1H3,(H,7,9);1-4H3;1-2H3/t17?,18-,22?;6-;;/m00../s1. The molecule has 2 rings (SSSR count). The van der Waals surface area contributed by atoms with Crippen LogP contribution >= 0.6 is 0 Å². The molecule has 1 saturated heterocycles.